The maximum Gasteiger partial charge on any atom is 0.416 e. The molecule has 0 fully saturated rings. The molecular formula is C28H26F3NO4S. The highest BCUT2D eigenvalue weighted by Gasteiger charge is 2.32. The van der Waals surface area contributed by atoms with Gasteiger partial charge >= 0.3 is 12.1 Å². The third-order valence-electron chi connectivity index (χ3n) is 6.27. The van der Waals surface area contributed by atoms with Crippen LogP contribution in [0.15, 0.2) is 77.7 Å². The lowest BCUT2D eigenvalue weighted by molar-refractivity contribution is -0.137. The van der Waals surface area contributed by atoms with Crippen LogP contribution >= 0.6 is 0 Å². The van der Waals surface area contributed by atoms with Crippen molar-refractivity contribution in [1.29, 1.82) is 0 Å². The normalized spacial score (nSPS) is 12.2. The molecule has 0 bridgehead atoms. The van der Waals surface area contributed by atoms with Gasteiger partial charge in [-0.3, -0.25) is 0 Å². The number of carboxylic acids is 1. The number of unbranched alkanes of at least 4 members (excludes halogenated alkanes) is 2. The van der Waals surface area contributed by atoms with Gasteiger partial charge < -0.3 is 5.11 Å². The average molecular weight is 530 g/mol. The molecule has 0 amide bonds. The summed E-state index contributed by atoms with van der Waals surface area (Å²) in [5, 5.41) is 9.28. The molecule has 194 valence electrons. The molecule has 4 aromatic rings. The lowest BCUT2D eigenvalue weighted by atomic mass is 10.1. The fourth-order valence-electron chi connectivity index (χ4n) is 4.32. The molecule has 4 rings (SSSR count). The zero-order valence-corrected chi connectivity index (χ0v) is 20.9. The van der Waals surface area contributed by atoms with Crippen molar-refractivity contribution in [3.63, 3.8) is 0 Å². The van der Waals surface area contributed by atoms with Crippen molar-refractivity contribution < 1.29 is 31.5 Å². The zero-order chi connectivity index (χ0) is 26.8. The number of aryl methyl sites for hydroxylation is 1. The van der Waals surface area contributed by atoms with Crippen molar-refractivity contribution in [3.8, 4) is 0 Å². The molecule has 0 spiro atoms. The van der Waals surface area contributed by atoms with Gasteiger partial charge in [-0.15, -0.1) is 0 Å². The first-order valence-electron chi connectivity index (χ1n) is 11.9. The van der Waals surface area contributed by atoms with Crippen LogP contribution in [-0.4, -0.2) is 23.5 Å². The zero-order valence-electron chi connectivity index (χ0n) is 20.1. The van der Waals surface area contributed by atoms with Crippen molar-refractivity contribution in [2.24, 2.45) is 0 Å². The Hall–Kier alpha value is -3.59. The molecule has 5 nitrogen and oxygen atoms in total. The highest BCUT2D eigenvalue weighted by Crippen LogP contribution is 2.34. The molecule has 0 saturated heterocycles. The molecule has 0 saturated carbocycles. The summed E-state index contributed by atoms with van der Waals surface area (Å²) in [5.74, 6) is -1.10. The third-order valence-corrected chi connectivity index (χ3v) is 8.05. The summed E-state index contributed by atoms with van der Waals surface area (Å²) < 4.78 is 68.7. The van der Waals surface area contributed by atoms with Crippen LogP contribution in [0.2, 0.25) is 0 Å². The smallest absolute Gasteiger partial charge is 0.416 e. The number of fused-ring (bicyclic) bond motifs is 1. The van der Waals surface area contributed by atoms with E-state index in [9.17, 15) is 26.4 Å². The van der Waals surface area contributed by atoms with Crippen LogP contribution in [0.1, 0.15) is 58.9 Å². The van der Waals surface area contributed by atoms with Gasteiger partial charge in [-0.25, -0.2) is 17.2 Å². The second-order valence-corrected chi connectivity index (χ2v) is 10.7. The Balaban J connectivity index is 1.80. The van der Waals surface area contributed by atoms with E-state index in [4.69, 9.17) is 5.11 Å². The number of rotatable bonds is 9. The first-order chi connectivity index (χ1) is 17.5. The molecule has 37 heavy (non-hydrogen) atoms. The minimum Gasteiger partial charge on any atom is -0.478 e. The van der Waals surface area contributed by atoms with Gasteiger partial charge in [0.05, 0.1) is 21.5 Å². The second-order valence-electron chi connectivity index (χ2n) is 8.96. The first-order valence-corrected chi connectivity index (χ1v) is 13.3. The highest BCUT2D eigenvalue weighted by atomic mass is 32.2. The van der Waals surface area contributed by atoms with E-state index in [0.29, 0.717) is 5.56 Å². The van der Waals surface area contributed by atoms with Crippen LogP contribution in [-0.2, 0) is 29.0 Å². The van der Waals surface area contributed by atoms with Gasteiger partial charge in [-0.2, -0.15) is 13.2 Å². The van der Waals surface area contributed by atoms with Gasteiger partial charge in [-0.05, 0) is 72.5 Å². The Kier molecular flexibility index (Phi) is 7.45. The molecule has 3 aromatic carbocycles. The maximum atomic E-state index is 13.8. The van der Waals surface area contributed by atoms with Gasteiger partial charge in [0.2, 0.25) is 0 Å². The molecular weight excluding hydrogens is 503 g/mol. The number of hydrogen-bond donors (Lipinski definition) is 1. The van der Waals surface area contributed by atoms with Crippen LogP contribution < -0.4 is 0 Å². The predicted molar refractivity (Wildman–Crippen MR) is 135 cm³/mol. The molecule has 0 aliphatic carbocycles. The fraction of sp³-hybridized carbons (Fsp3) is 0.250. The standard InChI is InChI=1S/C28H26F3NO4S/c1-2-3-4-5-19-8-13-25(14-9-19)37(35,36)32-24(16-20-6-10-21(11-7-20)27(33)34)18-22-17-23(28(29,30)31)12-15-26(22)32/h6-15,17-18H,2-5,16H2,1H3,(H,33,34). The number of nitrogens with zero attached hydrogens (tertiary/aromatic N) is 1. The quantitative estimate of drug-likeness (QED) is 0.239. The maximum absolute atomic E-state index is 13.8. The van der Waals surface area contributed by atoms with Gasteiger partial charge in [-0.1, -0.05) is 44.0 Å². The largest absolute Gasteiger partial charge is 0.478 e. The number of carbonyl (C=O) groups is 1. The van der Waals surface area contributed by atoms with E-state index in [1.54, 1.807) is 24.3 Å². The SMILES string of the molecule is CCCCCc1ccc(S(=O)(=O)n2c(Cc3ccc(C(=O)O)cc3)cc3cc(C(F)(F)F)ccc32)cc1. The molecule has 9 heteroatoms. The van der Waals surface area contributed by atoms with E-state index >= 15 is 0 Å². The molecule has 0 radical (unpaired) electrons. The molecule has 0 aliphatic heterocycles. The number of hydrogen-bond acceptors (Lipinski definition) is 3. The summed E-state index contributed by atoms with van der Waals surface area (Å²) in [7, 11) is -4.14. The second kappa shape index (κ2) is 10.4. The summed E-state index contributed by atoms with van der Waals surface area (Å²) in [6.45, 7) is 2.10. The van der Waals surface area contributed by atoms with Crippen molar-refractivity contribution in [2.45, 2.75) is 50.1 Å². The summed E-state index contributed by atoms with van der Waals surface area (Å²) in [6, 6.07) is 16.9. The number of benzene rings is 3. The Morgan fingerprint density at radius 3 is 2.14 bits per heavy atom. The number of alkyl halides is 3. The lowest BCUT2D eigenvalue weighted by Crippen LogP contribution is -2.16. The number of halogens is 3. The summed E-state index contributed by atoms with van der Waals surface area (Å²) in [4.78, 5) is 11.2. The monoisotopic (exact) mass is 529 g/mol. The van der Waals surface area contributed by atoms with Crippen molar-refractivity contribution >= 4 is 26.9 Å². The first kappa shape index (κ1) is 26.5. The minimum atomic E-state index is -4.57. The predicted octanol–water partition coefficient (Wildman–Crippen LogP) is 6.92. The van der Waals surface area contributed by atoms with E-state index in [-0.39, 0.29) is 33.5 Å². The van der Waals surface area contributed by atoms with E-state index in [0.717, 1.165) is 47.4 Å². The van der Waals surface area contributed by atoms with E-state index in [1.165, 1.54) is 36.4 Å². The topological polar surface area (TPSA) is 76.4 Å². The van der Waals surface area contributed by atoms with Gasteiger partial charge in [0.25, 0.3) is 10.0 Å². The number of carboxylic acid groups (broad SMARTS) is 1. The van der Waals surface area contributed by atoms with Crippen molar-refractivity contribution in [1.82, 2.24) is 3.97 Å². The number of aromatic carboxylic acids is 1. The van der Waals surface area contributed by atoms with Crippen LogP contribution in [0.4, 0.5) is 13.2 Å². The van der Waals surface area contributed by atoms with E-state index in [1.807, 2.05) is 0 Å². The van der Waals surface area contributed by atoms with Crippen LogP contribution in [0.5, 0.6) is 0 Å². The Bertz CT molecular complexity index is 1520. The molecule has 0 atom stereocenters. The lowest BCUT2D eigenvalue weighted by Gasteiger charge is -2.13. The summed E-state index contributed by atoms with van der Waals surface area (Å²) >= 11 is 0. The average Bonchev–Trinajstić information content (AvgIpc) is 3.22. The highest BCUT2D eigenvalue weighted by molar-refractivity contribution is 7.90. The van der Waals surface area contributed by atoms with Crippen molar-refractivity contribution in [2.75, 3.05) is 0 Å². The van der Waals surface area contributed by atoms with Gasteiger partial charge in [0.15, 0.2) is 0 Å². The van der Waals surface area contributed by atoms with Crippen LogP contribution in [0, 0.1) is 0 Å². The minimum absolute atomic E-state index is 0.0339. The van der Waals surface area contributed by atoms with Crippen molar-refractivity contribution in [3.05, 3.63) is 101 Å². The molecule has 1 aromatic heterocycles. The summed E-state index contributed by atoms with van der Waals surface area (Å²) in [6.07, 6.45) is -0.521. The Morgan fingerprint density at radius 1 is 0.892 bits per heavy atom. The molecule has 0 aliphatic rings. The summed E-state index contributed by atoms with van der Waals surface area (Å²) in [5.41, 5.74) is 1.24. The molecule has 1 N–H and O–H groups in total. The fourth-order valence-corrected chi connectivity index (χ4v) is 5.86. The van der Waals surface area contributed by atoms with Crippen LogP contribution in [0.3, 0.4) is 0 Å². The molecule has 1 heterocycles. The Morgan fingerprint density at radius 2 is 1.54 bits per heavy atom. The van der Waals surface area contributed by atoms with Gasteiger partial charge in [0, 0.05) is 17.5 Å². The van der Waals surface area contributed by atoms with E-state index in [2.05, 4.69) is 6.92 Å². The Labute approximate surface area is 213 Å². The molecule has 0 unspecified atom stereocenters. The number of aromatic nitrogens is 1. The van der Waals surface area contributed by atoms with Crippen LogP contribution in [0.25, 0.3) is 10.9 Å². The third kappa shape index (κ3) is 5.72. The van der Waals surface area contributed by atoms with Gasteiger partial charge in [0.1, 0.15) is 0 Å². The van der Waals surface area contributed by atoms with E-state index < -0.39 is 27.7 Å².